The van der Waals surface area contributed by atoms with Crippen LogP contribution in [0.3, 0.4) is 0 Å². The molecule has 1 aromatic rings. The smallest absolute Gasteiger partial charge is 0.220 e. The second-order valence-corrected chi connectivity index (χ2v) is 9.66. The first-order chi connectivity index (χ1) is 13.0. The van der Waals surface area contributed by atoms with E-state index in [2.05, 4.69) is 27.3 Å². The Bertz CT molecular complexity index is 703. The molecule has 27 heavy (non-hydrogen) atoms. The molecule has 1 N–H and O–H groups in total. The monoisotopic (exact) mass is 397 g/mol. The fourth-order valence-electron chi connectivity index (χ4n) is 3.87. The summed E-state index contributed by atoms with van der Waals surface area (Å²) in [5, 5.41) is 7.20. The van der Waals surface area contributed by atoms with Crippen molar-refractivity contribution in [2.45, 2.75) is 38.4 Å². The maximum atomic E-state index is 12.5. The molecule has 1 saturated carbocycles. The van der Waals surface area contributed by atoms with Crippen LogP contribution in [0.5, 0.6) is 0 Å². The minimum Gasteiger partial charge on any atom is -0.364 e. The van der Waals surface area contributed by atoms with E-state index in [1.54, 1.807) is 13.1 Å². The number of rotatable bonds is 5. The molecule has 1 aromatic heterocycles. The summed E-state index contributed by atoms with van der Waals surface area (Å²) < 4.78 is 31.3. The van der Waals surface area contributed by atoms with Gasteiger partial charge in [0, 0.05) is 45.8 Å². The van der Waals surface area contributed by atoms with E-state index in [4.69, 9.17) is 4.52 Å². The fourth-order valence-corrected chi connectivity index (χ4v) is 5.29. The van der Waals surface area contributed by atoms with Gasteiger partial charge in [0.2, 0.25) is 10.0 Å². The second kappa shape index (κ2) is 9.05. The van der Waals surface area contributed by atoms with Crippen LogP contribution >= 0.6 is 0 Å². The third-order valence-corrected chi connectivity index (χ3v) is 7.46. The number of nitrogens with one attached hydrogen (secondary N) is 1. The minimum absolute atomic E-state index is 0.115. The number of aromatic nitrogens is 1. The van der Waals surface area contributed by atoms with E-state index in [9.17, 15) is 8.42 Å². The van der Waals surface area contributed by atoms with Crippen molar-refractivity contribution in [2.75, 3.05) is 39.8 Å². The summed E-state index contributed by atoms with van der Waals surface area (Å²) in [5.41, 5.74) is 0.441. The Balaban J connectivity index is 1.47. The summed E-state index contributed by atoms with van der Waals surface area (Å²) >= 11 is 0. The van der Waals surface area contributed by atoms with Gasteiger partial charge in [-0.2, -0.15) is 4.31 Å². The lowest BCUT2D eigenvalue weighted by Gasteiger charge is -2.36. The second-order valence-electron chi connectivity index (χ2n) is 7.69. The van der Waals surface area contributed by atoms with Crippen molar-refractivity contribution >= 4 is 16.0 Å². The van der Waals surface area contributed by atoms with E-state index in [-0.39, 0.29) is 5.75 Å². The highest BCUT2D eigenvalue weighted by molar-refractivity contribution is 7.88. The predicted molar refractivity (Wildman–Crippen MR) is 105 cm³/mol. The van der Waals surface area contributed by atoms with Gasteiger partial charge in [0.1, 0.15) is 12.0 Å². The molecule has 152 valence electrons. The molecule has 0 aromatic carbocycles. The highest BCUT2D eigenvalue weighted by Crippen LogP contribution is 2.27. The summed E-state index contributed by atoms with van der Waals surface area (Å²) in [7, 11) is -1.58. The van der Waals surface area contributed by atoms with E-state index in [0.717, 1.165) is 18.4 Å². The van der Waals surface area contributed by atoms with E-state index < -0.39 is 10.0 Å². The van der Waals surface area contributed by atoms with Crippen LogP contribution in [0.4, 0.5) is 0 Å². The SMILES string of the molecule is CN=C(NCC1CCC(C)CC1)N1CCN(S(=O)(=O)Cc2ccon2)CC1. The Hall–Kier alpha value is -1.61. The quantitative estimate of drug-likeness (QED) is 0.598. The number of hydrogen-bond acceptors (Lipinski definition) is 5. The molecule has 8 nitrogen and oxygen atoms in total. The molecule has 2 fully saturated rings. The number of nitrogens with zero attached hydrogens (tertiary/aromatic N) is 4. The molecule has 0 bridgehead atoms. The Labute approximate surface area is 162 Å². The molecule has 0 unspecified atom stereocenters. The summed E-state index contributed by atoms with van der Waals surface area (Å²) in [6, 6.07) is 1.59. The zero-order valence-corrected chi connectivity index (χ0v) is 17.1. The summed E-state index contributed by atoms with van der Waals surface area (Å²) in [6.07, 6.45) is 6.57. The molecule has 0 spiro atoms. The molecule has 0 radical (unpaired) electrons. The highest BCUT2D eigenvalue weighted by Gasteiger charge is 2.29. The Morgan fingerprint density at radius 1 is 1.26 bits per heavy atom. The van der Waals surface area contributed by atoms with E-state index in [1.165, 1.54) is 36.3 Å². The zero-order chi connectivity index (χ0) is 19.3. The summed E-state index contributed by atoms with van der Waals surface area (Å²) in [6.45, 7) is 5.48. The van der Waals surface area contributed by atoms with Crippen LogP contribution in [0.2, 0.25) is 0 Å². The van der Waals surface area contributed by atoms with Crippen LogP contribution < -0.4 is 5.32 Å². The molecule has 2 heterocycles. The van der Waals surface area contributed by atoms with Crippen LogP contribution in [0.25, 0.3) is 0 Å². The van der Waals surface area contributed by atoms with Gasteiger partial charge >= 0.3 is 0 Å². The molecule has 3 rings (SSSR count). The maximum absolute atomic E-state index is 12.5. The lowest BCUT2D eigenvalue weighted by molar-refractivity contribution is 0.253. The van der Waals surface area contributed by atoms with Crippen LogP contribution in [-0.2, 0) is 15.8 Å². The largest absolute Gasteiger partial charge is 0.364 e. The van der Waals surface area contributed by atoms with Crippen molar-refractivity contribution in [1.29, 1.82) is 0 Å². The topological polar surface area (TPSA) is 91.0 Å². The van der Waals surface area contributed by atoms with Crippen LogP contribution in [0.1, 0.15) is 38.3 Å². The average Bonchev–Trinajstić information content (AvgIpc) is 3.16. The fraction of sp³-hybridized carbons (Fsp3) is 0.778. The van der Waals surface area contributed by atoms with Crippen molar-refractivity contribution in [3.63, 3.8) is 0 Å². The molecule has 9 heteroatoms. The van der Waals surface area contributed by atoms with Gasteiger partial charge in [0.15, 0.2) is 5.96 Å². The summed E-state index contributed by atoms with van der Waals surface area (Å²) in [5.74, 6) is 2.33. The molecule has 1 aliphatic carbocycles. The van der Waals surface area contributed by atoms with Gasteiger partial charge in [0.05, 0.1) is 5.69 Å². The zero-order valence-electron chi connectivity index (χ0n) is 16.3. The maximum Gasteiger partial charge on any atom is 0.220 e. The number of piperazine rings is 1. The predicted octanol–water partition coefficient (Wildman–Crippen LogP) is 1.52. The van der Waals surface area contributed by atoms with Crippen LogP contribution in [-0.4, -0.2) is 68.5 Å². The first-order valence-electron chi connectivity index (χ1n) is 9.80. The Kier molecular flexibility index (Phi) is 6.75. The van der Waals surface area contributed by atoms with Gasteiger partial charge in [-0.3, -0.25) is 4.99 Å². The highest BCUT2D eigenvalue weighted by atomic mass is 32.2. The number of guanidine groups is 1. The number of aliphatic imine (C=N–C) groups is 1. The lowest BCUT2D eigenvalue weighted by Crippen LogP contribution is -2.54. The van der Waals surface area contributed by atoms with Gasteiger partial charge < -0.3 is 14.7 Å². The van der Waals surface area contributed by atoms with Gasteiger partial charge in [0.25, 0.3) is 0 Å². The van der Waals surface area contributed by atoms with Gasteiger partial charge in [-0.15, -0.1) is 0 Å². The molecule has 0 amide bonds. The molecule has 1 saturated heterocycles. The van der Waals surface area contributed by atoms with Gasteiger partial charge in [-0.05, 0) is 24.7 Å². The Morgan fingerprint density at radius 3 is 2.56 bits per heavy atom. The number of sulfonamides is 1. The van der Waals surface area contributed by atoms with Crippen LogP contribution in [0.15, 0.2) is 21.8 Å². The average molecular weight is 398 g/mol. The van der Waals surface area contributed by atoms with E-state index in [1.807, 2.05) is 0 Å². The van der Waals surface area contributed by atoms with Crippen LogP contribution in [0, 0.1) is 11.8 Å². The summed E-state index contributed by atoms with van der Waals surface area (Å²) in [4.78, 5) is 6.55. The minimum atomic E-state index is -3.37. The van der Waals surface area contributed by atoms with Gasteiger partial charge in [-0.25, -0.2) is 8.42 Å². The molecular weight excluding hydrogens is 366 g/mol. The van der Waals surface area contributed by atoms with E-state index >= 15 is 0 Å². The van der Waals surface area contributed by atoms with Crippen molar-refractivity contribution in [1.82, 2.24) is 19.7 Å². The number of hydrogen-bond donors (Lipinski definition) is 1. The first kappa shape index (κ1) is 20.1. The van der Waals surface area contributed by atoms with E-state index in [0.29, 0.717) is 37.8 Å². The Morgan fingerprint density at radius 2 is 1.96 bits per heavy atom. The third-order valence-electron chi connectivity index (χ3n) is 5.65. The molecule has 2 aliphatic rings. The lowest BCUT2D eigenvalue weighted by atomic mass is 9.83. The van der Waals surface area contributed by atoms with Crippen molar-refractivity contribution in [3.8, 4) is 0 Å². The molecule has 0 atom stereocenters. The molecular formula is C18H31N5O3S. The standard InChI is InChI=1S/C18H31N5O3S/c1-15-3-5-16(6-4-15)13-20-18(19-2)22-8-10-23(11-9-22)27(24,25)14-17-7-12-26-21-17/h7,12,15-16H,3-6,8-11,13-14H2,1-2H3,(H,19,20). The van der Waals surface area contributed by atoms with Gasteiger partial charge in [-0.1, -0.05) is 24.9 Å². The normalized spacial score (nSPS) is 25.6. The van der Waals surface area contributed by atoms with Crippen molar-refractivity contribution in [3.05, 3.63) is 18.0 Å². The first-order valence-corrected chi connectivity index (χ1v) is 11.4. The molecule has 1 aliphatic heterocycles. The third kappa shape index (κ3) is 5.44. The van der Waals surface area contributed by atoms with Crippen molar-refractivity contribution in [2.24, 2.45) is 16.8 Å². The van der Waals surface area contributed by atoms with Crippen molar-refractivity contribution < 1.29 is 12.9 Å².